The van der Waals surface area contributed by atoms with Gasteiger partial charge in [0.05, 0.1) is 26.9 Å². The number of aromatic nitrogens is 2. The molecule has 36 heavy (non-hydrogen) atoms. The maximum atomic E-state index is 13.4. The molecule has 0 spiro atoms. The summed E-state index contributed by atoms with van der Waals surface area (Å²) in [6.45, 7) is 5.66. The van der Waals surface area contributed by atoms with Gasteiger partial charge in [0.15, 0.2) is 11.5 Å². The van der Waals surface area contributed by atoms with Crippen LogP contribution in [0, 0.1) is 12.7 Å². The van der Waals surface area contributed by atoms with Crippen molar-refractivity contribution in [1.29, 1.82) is 0 Å². The number of ether oxygens (including phenoxy) is 4. The molecule has 0 unspecified atom stereocenters. The van der Waals surface area contributed by atoms with Crippen molar-refractivity contribution in [3.63, 3.8) is 0 Å². The Balaban J connectivity index is 1.32. The summed E-state index contributed by atoms with van der Waals surface area (Å²) < 4.78 is 38.4. The fourth-order valence-electron chi connectivity index (χ4n) is 4.24. The summed E-state index contributed by atoms with van der Waals surface area (Å²) >= 11 is 0. The van der Waals surface area contributed by atoms with E-state index < -0.39 is 5.60 Å². The predicted octanol–water partition coefficient (Wildman–Crippen LogP) is 3.45. The predicted molar refractivity (Wildman–Crippen MR) is 133 cm³/mol. The van der Waals surface area contributed by atoms with Crippen LogP contribution in [0.4, 0.5) is 4.39 Å². The van der Waals surface area contributed by atoms with Gasteiger partial charge in [-0.1, -0.05) is 12.1 Å². The molecular weight excluding hydrogens is 465 g/mol. The van der Waals surface area contributed by atoms with Gasteiger partial charge >= 0.3 is 0 Å². The molecule has 0 amide bonds. The first-order chi connectivity index (χ1) is 17.4. The van der Waals surface area contributed by atoms with Gasteiger partial charge in [-0.25, -0.2) is 9.37 Å². The summed E-state index contributed by atoms with van der Waals surface area (Å²) in [5.74, 6) is 2.35. The molecule has 3 aromatic rings. The molecule has 0 saturated carbocycles. The van der Waals surface area contributed by atoms with E-state index in [0.717, 1.165) is 24.4 Å². The third-order valence-electron chi connectivity index (χ3n) is 6.10. The van der Waals surface area contributed by atoms with E-state index in [9.17, 15) is 9.50 Å². The molecule has 1 aliphatic heterocycles. The van der Waals surface area contributed by atoms with Crippen LogP contribution in [0.5, 0.6) is 17.2 Å². The Bertz CT molecular complexity index is 1120. The van der Waals surface area contributed by atoms with Crippen LogP contribution in [0.2, 0.25) is 0 Å². The van der Waals surface area contributed by atoms with E-state index in [1.54, 1.807) is 25.4 Å². The lowest BCUT2D eigenvalue weighted by Gasteiger charge is -2.30. The van der Waals surface area contributed by atoms with Crippen molar-refractivity contribution in [3.05, 3.63) is 72.1 Å². The first-order valence-corrected chi connectivity index (χ1v) is 12.1. The number of β-amino-alcohol motifs (C(OH)–C–C–N with tert-alkyl or cyclic N) is 1. The van der Waals surface area contributed by atoms with Crippen LogP contribution in [0.1, 0.15) is 17.8 Å². The van der Waals surface area contributed by atoms with E-state index in [1.165, 1.54) is 12.1 Å². The van der Waals surface area contributed by atoms with Gasteiger partial charge in [-0.3, -0.25) is 4.90 Å². The van der Waals surface area contributed by atoms with Gasteiger partial charge in [0.2, 0.25) is 0 Å². The zero-order valence-electron chi connectivity index (χ0n) is 20.9. The molecule has 1 aromatic heterocycles. The molecule has 1 fully saturated rings. The number of methoxy groups -OCH3 is 1. The van der Waals surface area contributed by atoms with E-state index in [4.69, 9.17) is 18.9 Å². The van der Waals surface area contributed by atoms with E-state index in [2.05, 4.69) is 14.5 Å². The van der Waals surface area contributed by atoms with Crippen molar-refractivity contribution in [2.75, 3.05) is 46.6 Å². The Morgan fingerprint density at radius 3 is 2.83 bits per heavy atom. The summed E-state index contributed by atoms with van der Waals surface area (Å²) in [4.78, 5) is 6.35. The lowest BCUT2D eigenvalue weighted by molar-refractivity contribution is -0.0647. The van der Waals surface area contributed by atoms with E-state index in [1.807, 2.05) is 31.3 Å². The minimum atomic E-state index is -1.22. The molecule has 0 radical (unpaired) electrons. The highest BCUT2D eigenvalue weighted by Crippen LogP contribution is 2.29. The lowest BCUT2D eigenvalue weighted by Crippen LogP contribution is -2.48. The largest absolute Gasteiger partial charge is 0.493 e. The van der Waals surface area contributed by atoms with Crippen LogP contribution in [-0.2, 0) is 17.8 Å². The number of benzene rings is 2. The normalized spacial score (nSPS) is 18.6. The van der Waals surface area contributed by atoms with Gasteiger partial charge < -0.3 is 28.6 Å². The minimum Gasteiger partial charge on any atom is -0.493 e. The number of hydrogen-bond acceptors (Lipinski definition) is 7. The van der Waals surface area contributed by atoms with Gasteiger partial charge in [-0.15, -0.1) is 0 Å². The molecule has 9 heteroatoms. The van der Waals surface area contributed by atoms with Crippen molar-refractivity contribution in [1.82, 2.24) is 14.5 Å². The number of aliphatic hydroxyl groups is 1. The van der Waals surface area contributed by atoms with E-state index >= 15 is 0 Å². The second-order valence-electron chi connectivity index (χ2n) is 9.09. The number of rotatable bonds is 11. The van der Waals surface area contributed by atoms with E-state index in [-0.39, 0.29) is 19.0 Å². The molecule has 0 aliphatic carbocycles. The fraction of sp³-hybridized carbons (Fsp3) is 0.444. The number of nitrogens with zero attached hydrogens (tertiary/aromatic N) is 3. The van der Waals surface area contributed by atoms with Gasteiger partial charge in [-0.2, -0.15) is 0 Å². The maximum absolute atomic E-state index is 13.4. The number of halogens is 1. The van der Waals surface area contributed by atoms with Crippen molar-refractivity contribution < 1.29 is 28.4 Å². The van der Waals surface area contributed by atoms with Crippen LogP contribution < -0.4 is 14.2 Å². The summed E-state index contributed by atoms with van der Waals surface area (Å²) in [6, 6.07) is 11.8. The summed E-state index contributed by atoms with van der Waals surface area (Å²) in [5.41, 5.74) is -0.188. The average molecular weight is 500 g/mol. The monoisotopic (exact) mass is 499 g/mol. The fourth-order valence-corrected chi connectivity index (χ4v) is 4.24. The Hall–Kier alpha value is -3.14. The molecule has 1 saturated heterocycles. The molecule has 1 atom stereocenters. The van der Waals surface area contributed by atoms with Gasteiger partial charge in [0.25, 0.3) is 0 Å². The third kappa shape index (κ3) is 7.19. The highest BCUT2D eigenvalue weighted by molar-refractivity contribution is 5.43. The van der Waals surface area contributed by atoms with Gasteiger partial charge in [-0.05, 0) is 43.2 Å². The summed E-state index contributed by atoms with van der Waals surface area (Å²) in [6.07, 6.45) is 4.62. The molecule has 4 rings (SSSR count). The summed E-state index contributed by atoms with van der Waals surface area (Å²) in [7, 11) is 1.63. The number of hydrogen-bond donors (Lipinski definition) is 1. The van der Waals surface area contributed by atoms with Crippen LogP contribution in [0.15, 0.2) is 54.9 Å². The maximum Gasteiger partial charge on any atom is 0.161 e. The molecule has 1 aliphatic rings. The zero-order valence-corrected chi connectivity index (χ0v) is 20.9. The Kier molecular flexibility index (Phi) is 8.79. The van der Waals surface area contributed by atoms with Crippen molar-refractivity contribution in [2.24, 2.45) is 0 Å². The van der Waals surface area contributed by atoms with Gasteiger partial charge in [0, 0.05) is 44.6 Å². The third-order valence-corrected chi connectivity index (χ3v) is 6.10. The molecule has 2 heterocycles. The van der Waals surface area contributed by atoms with Gasteiger partial charge in [0.1, 0.15) is 29.6 Å². The topological polar surface area (TPSA) is 78.2 Å². The Morgan fingerprint density at radius 2 is 2.06 bits per heavy atom. The van der Waals surface area contributed by atoms with Crippen LogP contribution in [-0.4, -0.2) is 71.8 Å². The zero-order chi connectivity index (χ0) is 25.4. The molecule has 194 valence electrons. The Morgan fingerprint density at radius 1 is 1.17 bits per heavy atom. The second-order valence-corrected chi connectivity index (χ2v) is 9.09. The first-order valence-electron chi connectivity index (χ1n) is 12.1. The summed E-state index contributed by atoms with van der Waals surface area (Å²) in [5, 5.41) is 11.1. The highest BCUT2D eigenvalue weighted by atomic mass is 19.1. The van der Waals surface area contributed by atoms with Crippen LogP contribution in [0.3, 0.4) is 0 Å². The quantitative estimate of drug-likeness (QED) is 0.405. The van der Waals surface area contributed by atoms with Crippen LogP contribution in [0.25, 0.3) is 0 Å². The average Bonchev–Trinajstić information content (AvgIpc) is 3.18. The molecular formula is C27H34FN3O5. The second kappa shape index (κ2) is 12.2. The van der Waals surface area contributed by atoms with Crippen LogP contribution >= 0.6 is 0 Å². The molecule has 0 bridgehead atoms. The highest BCUT2D eigenvalue weighted by Gasteiger charge is 2.33. The smallest absolute Gasteiger partial charge is 0.161 e. The SMILES string of the molecule is COc1cc(CN2CCOC[C@@](O)(COc3cccc(F)c3)C2)ccc1OCCCn1ccnc1C. The van der Waals surface area contributed by atoms with Crippen molar-refractivity contribution >= 4 is 0 Å². The van der Waals surface area contributed by atoms with Crippen molar-refractivity contribution in [3.8, 4) is 17.2 Å². The first kappa shape index (κ1) is 25.9. The number of aryl methyl sites for hydroxylation is 2. The van der Waals surface area contributed by atoms with E-state index in [0.29, 0.717) is 50.1 Å². The molecule has 1 N–H and O–H groups in total. The minimum absolute atomic E-state index is 0.00164. The molecule has 8 nitrogen and oxygen atoms in total. The van der Waals surface area contributed by atoms with Crippen molar-refractivity contribution in [2.45, 2.75) is 32.0 Å². The molecule has 2 aromatic carbocycles. The standard InChI is InChI=1S/C27H34FN3O5/c1-21-29-9-11-31(21)10-4-13-35-25-8-7-22(15-26(25)33-2)17-30-12-14-34-19-27(32,18-30)20-36-24-6-3-5-23(28)16-24/h3,5-9,11,15-16,32H,4,10,12-14,17-20H2,1-2H3/t27-/m1/s1. The number of imidazole rings is 1. The lowest BCUT2D eigenvalue weighted by atomic mass is 10.1. The Labute approximate surface area is 211 Å².